The predicted octanol–water partition coefficient (Wildman–Crippen LogP) is 3.37. The summed E-state index contributed by atoms with van der Waals surface area (Å²) in [5.41, 5.74) is 3.06. The van der Waals surface area contributed by atoms with E-state index in [1.807, 2.05) is 61.5 Å². The number of H-pyrrole nitrogens is 1. The highest BCUT2D eigenvalue weighted by Crippen LogP contribution is 2.13. The number of carbonyl (C=O) groups excluding carboxylic acids is 1. The van der Waals surface area contributed by atoms with Crippen molar-refractivity contribution >= 4 is 16.9 Å². The molecule has 2 aromatic carbocycles. The van der Waals surface area contributed by atoms with Crippen LogP contribution in [0.1, 0.15) is 30.8 Å². The molecule has 2 N–H and O–H groups in total. The largest absolute Gasteiger partial charge is 0.350 e. The fraction of sp³-hybridized carbons (Fsp3) is 0.222. The summed E-state index contributed by atoms with van der Waals surface area (Å²) in [6, 6.07) is 17.9. The van der Waals surface area contributed by atoms with Crippen LogP contribution in [-0.4, -0.2) is 15.9 Å². The van der Waals surface area contributed by atoms with E-state index in [2.05, 4.69) is 15.3 Å². The van der Waals surface area contributed by atoms with Crippen LogP contribution in [-0.2, 0) is 11.2 Å². The Morgan fingerprint density at radius 1 is 1.14 bits per heavy atom. The lowest BCUT2D eigenvalue weighted by molar-refractivity contribution is -0.121. The number of benzene rings is 2. The molecule has 1 aromatic heterocycles. The van der Waals surface area contributed by atoms with Crippen LogP contribution in [0, 0.1) is 0 Å². The molecule has 22 heavy (non-hydrogen) atoms. The van der Waals surface area contributed by atoms with E-state index in [1.165, 1.54) is 0 Å². The quantitative estimate of drug-likeness (QED) is 0.757. The molecular weight excluding hydrogens is 274 g/mol. The van der Waals surface area contributed by atoms with Gasteiger partial charge in [-0.1, -0.05) is 42.5 Å². The van der Waals surface area contributed by atoms with Gasteiger partial charge in [-0.2, -0.15) is 0 Å². The number of aromatic nitrogens is 2. The average molecular weight is 293 g/mol. The van der Waals surface area contributed by atoms with E-state index in [9.17, 15) is 4.79 Å². The third-order valence-electron chi connectivity index (χ3n) is 3.70. The van der Waals surface area contributed by atoms with Gasteiger partial charge in [-0.25, -0.2) is 4.98 Å². The van der Waals surface area contributed by atoms with Crippen LogP contribution in [0.15, 0.2) is 54.6 Å². The minimum atomic E-state index is 0.0179. The zero-order chi connectivity index (χ0) is 15.4. The second-order valence-electron chi connectivity index (χ2n) is 5.40. The number of rotatable bonds is 5. The van der Waals surface area contributed by atoms with Crippen molar-refractivity contribution in [2.24, 2.45) is 0 Å². The van der Waals surface area contributed by atoms with Gasteiger partial charge in [0, 0.05) is 12.8 Å². The Morgan fingerprint density at radius 3 is 2.64 bits per heavy atom. The summed E-state index contributed by atoms with van der Waals surface area (Å²) < 4.78 is 0. The Morgan fingerprint density at radius 2 is 1.86 bits per heavy atom. The molecule has 112 valence electrons. The molecule has 4 heteroatoms. The monoisotopic (exact) mass is 293 g/mol. The zero-order valence-electron chi connectivity index (χ0n) is 12.5. The normalized spacial score (nSPS) is 12.2. The summed E-state index contributed by atoms with van der Waals surface area (Å²) >= 11 is 0. The molecule has 0 aliphatic carbocycles. The van der Waals surface area contributed by atoms with Crippen LogP contribution in [0.3, 0.4) is 0 Å². The number of imidazole rings is 1. The molecule has 0 aliphatic heterocycles. The van der Waals surface area contributed by atoms with E-state index in [0.717, 1.165) is 22.4 Å². The number of nitrogens with one attached hydrogen (secondary N) is 2. The lowest BCUT2D eigenvalue weighted by atomic mass is 10.1. The summed E-state index contributed by atoms with van der Waals surface area (Å²) in [5.74, 6) is 0.889. The van der Waals surface area contributed by atoms with Crippen molar-refractivity contribution in [2.45, 2.75) is 25.8 Å². The molecule has 0 aliphatic rings. The number of hydrogen-bond donors (Lipinski definition) is 2. The van der Waals surface area contributed by atoms with Gasteiger partial charge in [0.1, 0.15) is 5.82 Å². The van der Waals surface area contributed by atoms with Crippen LogP contribution < -0.4 is 5.32 Å². The number of carbonyl (C=O) groups is 1. The van der Waals surface area contributed by atoms with Crippen molar-refractivity contribution in [1.29, 1.82) is 0 Å². The van der Waals surface area contributed by atoms with E-state index in [-0.39, 0.29) is 11.9 Å². The van der Waals surface area contributed by atoms with Gasteiger partial charge in [-0.3, -0.25) is 4.79 Å². The predicted molar refractivity (Wildman–Crippen MR) is 87.4 cm³/mol. The first-order valence-corrected chi connectivity index (χ1v) is 7.50. The summed E-state index contributed by atoms with van der Waals surface area (Å²) in [5, 5.41) is 3.02. The van der Waals surface area contributed by atoms with E-state index in [1.54, 1.807) is 0 Å². The van der Waals surface area contributed by atoms with Crippen LogP contribution in [0.2, 0.25) is 0 Å². The second-order valence-corrected chi connectivity index (χ2v) is 5.40. The number of aromatic amines is 1. The Kier molecular flexibility index (Phi) is 4.19. The fourth-order valence-electron chi connectivity index (χ4n) is 2.49. The first kappa shape index (κ1) is 14.3. The highest BCUT2D eigenvalue weighted by Gasteiger charge is 2.10. The Hall–Kier alpha value is -2.62. The first-order chi connectivity index (χ1) is 10.7. The van der Waals surface area contributed by atoms with Crippen LogP contribution in [0.25, 0.3) is 11.0 Å². The molecule has 0 saturated heterocycles. The summed E-state index contributed by atoms with van der Waals surface area (Å²) in [7, 11) is 0. The maximum absolute atomic E-state index is 12.1. The number of fused-ring (bicyclic) bond motifs is 1. The summed E-state index contributed by atoms with van der Waals surface area (Å²) in [6.45, 7) is 1.99. The molecule has 1 unspecified atom stereocenters. The average Bonchev–Trinajstić information content (AvgIpc) is 2.96. The standard InChI is InChI=1S/C18H19N3O/c1-13(14-7-3-2-4-8-14)19-18(22)12-11-17-20-15-9-5-6-10-16(15)21-17/h2-10,13H,11-12H2,1H3,(H,19,22)(H,20,21). The summed E-state index contributed by atoms with van der Waals surface area (Å²) in [6.07, 6.45) is 1.04. The lowest BCUT2D eigenvalue weighted by Gasteiger charge is -2.13. The molecule has 0 bridgehead atoms. The van der Waals surface area contributed by atoms with E-state index in [4.69, 9.17) is 0 Å². The van der Waals surface area contributed by atoms with Crippen molar-refractivity contribution in [3.05, 3.63) is 66.0 Å². The molecule has 1 atom stereocenters. The third kappa shape index (κ3) is 3.34. The number of aryl methyl sites for hydroxylation is 1. The zero-order valence-corrected chi connectivity index (χ0v) is 12.5. The Labute approximate surface area is 129 Å². The molecule has 1 amide bonds. The topological polar surface area (TPSA) is 57.8 Å². The molecule has 3 aromatic rings. The molecular formula is C18H19N3O. The maximum atomic E-state index is 12.1. The lowest BCUT2D eigenvalue weighted by Crippen LogP contribution is -2.26. The van der Waals surface area contributed by atoms with E-state index < -0.39 is 0 Å². The van der Waals surface area contributed by atoms with E-state index >= 15 is 0 Å². The van der Waals surface area contributed by atoms with Crippen LogP contribution >= 0.6 is 0 Å². The Bertz CT molecular complexity index is 731. The number of nitrogens with zero attached hydrogens (tertiary/aromatic N) is 1. The van der Waals surface area contributed by atoms with Crippen molar-refractivity contribution in [1.82, 2.24) is 15.3 Å². The van der Waals surface area contributed by atoms with Gasteiger partial charge in [0.05, 0.1) is 17.1 Å². The highest BCUT2D eigenvalue weighted by atomic mass is 16.1. The highest BCUT2D eigenvalue weighted by molar-refractivity contribution is 5.77. The third-order valence-corrected chi connectivity index (χ3v) is 3.70. The van der Waals surface area contributed by atoms with Crippen molar-refractivity contribution in [3.8, 4) is 0 Å². The minimum Gasteiger partial charge on any atom is -0.350 e. The molecule has 0 spiro atoms. The van der Waals surface area contributed by atoms with Gasteiger partial charge in [0.25, 0.3) is 0 Å². The molecule has 3 rings (SSSR count). The molecule has 1 heterocycles. The van der Waals surface area contributed by atoms with Gasteiger partial charge in [-0.15, -0.1) is 0 Å². The molecule has 0 fully saturated rings. The number of amides is 1. The smallest absolute Gasteiger partial charge is 0.220 e. The van der Waals surface area contributed by atoms with Crippen LogP contribution in [0.4, 0.5) is 0 Å². The maximum Gasteiger partial charge on any atom is 0.220 e. The first-order valence-electron chi connectivity index (χ1n) is 7.50. The fourth-order valence-corrected chi connectivity index (χ4v) is 2.49. The van der Waals surface area contributed by atoms with Gasteiger partial charge in [0.15, 0.2) is 0 Å². The molecule has 4 nitrogen and oxygen atoms in total. The molecule has 0 radical (unpaired) electrons. The van der Waals surface area contributed by atoms with E-state index in [0.29, 0.717) is 12.8 Å². The van der Waals surface area contributed by atoms with Crippen molar-refractivity contribution < 1.29 is 4.79 Å². The Balaban J connectivity index is 1.56. The molecule has 0 saturated carbocycles. The van der Waals surface area contributed by atoms with Gasteiger partial charge in [-0.05, 0) is 24.6 Å². The van der Waals surface area contributed by atoms with Gasteiger partial charge in [0.2, 0.25) is 5.91 Å². The second kappa shape index (κ2) is 6.43. The minimum absolute atomic E-state index is 0.0179. The summed E-state index contributed by atoms with van der Waals surface area (Å²) in [4.78, 5) is 19.8. The van der Waals surface area contributed by atoms with Crippen LogP contribution in [0.5, 0.6) is 0 Å². The number of hydrogen-bond acceptors (Lipinski definition) is 2. The van der Waals surface area contributed by atoms with Crippen molar-refractivity contribution in [3.63, 3.8) is 0 Å². The number of para-hydroxylation sites is 2. The SMILES string of the molecule is CC(NC(=O)CCc1nc2ccccc2[nH]1)c1ccccc1. The van der Waals surface area contributed by atoms with Crippen molar-refractivity contribution in [2.75, 3.05) is 0 Å². The van der Waals surface area contributed by atoms with Gasteiger partial charge >= 0.3 is 0 Å². The van der Waals surface area contributed by atoms with Gasteiger partial charge < -0.3 is 10.3 Å².